The second-order valence-corrected chi connectivity index (χ2v) is 9.92. The van der Waals surface area contributed by atoms with Gasteiger partial charge < -0.3 is 10.5 Å². The number of aryl methyl sites for hydroxylation is 1. The molecule has 12 heteroatoms. The monoisotopic (exact) mass is 529 g/mol. The molecule has 35 heavy (non-hydrogen) atoms. The van der Waals surface area contributed by atoms with Crippen molar-refractivity contribution in [2.75, 3.05) is 0 Å². The fraction of sp³-hybridized carbons (Fsp3) is 0.261. The van der Waals surface area contributed by atoms with E-state index in [1.165, 1.54) is 27.7 Å². The Hall–Kier alpha value is -3.31. The maximum atomic E-state index is 14.7. The molecule has 7 nitrogen and oxygen atoms in total. The van der Waals surface area contributed by atoms with Crippen molar-refractivity contribution in [3.63, 3.8) is 0 Å². The first-order chi connectivity index (χ1) is 16.2. The molecule has 0 saturated carbocycles. The topological polar surface area (TPSA) is 105 Å². The van der Waals surface area contributed by atoms with Crippen LogP contribution in [0.4, 0.5) is 13.2 Å². The minimum absolute atomic E-state index is 0.0432. The Kier molecular flexibility index (Phi) is 7.32. The predicted octanol–water partition coefficient (Wildman–Crippen LogP) is 5.62. The lowest BCUT2D eigenvalue weighted by Gasteiger charge is -2.14. The Balaban J connectivity index is 2.04. The molecule has 1 amide bonds. The first-order valence-electron chi connectivity index (χ1n) is 9.97. The summed E-state index contributed by atoms with van der Waals surface area (Å²) >= 11 is 6.99. The van der Waals surface area contributed by atoms with E-state index >= 15 is 0 Å². The van der Waals surface area contributed by atoms with Gasteiger partial charge in [0.25, 0.3) is 0 Å². The van der Waals surface area contributed by atoms with Crippen molar-refractivity contribution < 1.29 is 42.1 Å². The third kappa shape index (κ3) is 5.35. The van der Waals surface area contributed by atoms with Gasteiger partial charge in [-0.25, -0.2) is 32.5 Å². The van der Waals surface area contributed by atoms with Crippen LogP contribution in [0.5, 0.6) is 5.75 Å². The number of benzene rings is 2. The van der Waals surface area contributed by atoms with Crippen LogP contribution in [0.25, 0.3) is 10.1 Å². The zero-order valence-electron chi connectivity index (χ0n) is 18.9. The molecular formula is C23H19ClF3NO6S. The fourth-order valence-electron chi connectivity index (χ4n) is 2.91. The number of carbonyl (C=O) groups excluding carboxylic acids is 3. The molecule has 0 aliphatic carbocycles. The van der Waals surface area contributed by atoms with E-state index in [9.17, 15) is 27.6 Å². The van der Waals surface area contributed by atoms with Crippen LogP contribution in [0.2, 0.25) is 5.02 Å². The minimum Gasteiger partial charge on any atom is -0.483 e. The Bertz CT molecular complexity index is 1340. The number of halogens is 4. The van der Waals surface area contributed by atoms with Crippen LogP contribution >= 0.6 is 22.9 Å². The summed E-state index contributed by atoms with van der Waals surface area (Å²) in [5, 5.41) is 0.143. The molecule has 0 bridgehead atoms. The van der Waals surface area contributed by atoms with Crippen molar-refractivity contribution in [1.29, 1.82) is 0 Å². The minimum atomic E-state index is -1.23. The second-order valence-electron chi connectivity index (χ2n) is 8.52. The van der Waals surface area contributed by atoms with Gasteiger partial charge in [0.1, 0.15) is 17.3 Å². The SMILES string of the molecule is Cc1cc(F)c2sc(C(=O)OOC(=O)C(C)(C)C)c(COc3c(F)cc(C(N)=O)cc3F)c2c1Cl. The van der Waals surface area contributed by atoms with Crippen molar-refractivity contribution in [3.05, 3.63) is 62.2 Å². The largest absolute Gasteiger partial charge is 0.483 e. The molecule has 0 unspecified atom stereocenters. The number of hydrogen-bond donors (Lipinski definition) is 1. The van der Waals surface area contributed by atoms with Crippen LogP contribution in [-0.4, -0.2) is 17.8 Å². The van der Waals surface area contributed by atoms with E-state index in [0.717, 1.165) is 6.07 Å². The maximum Gasteiger partial charge on any atom is 0.396 e. The zero-order valence-corrected chi connectivity index (χ0v) is 20.5. The smallest absolute Gasteiger partial charge is 0.396 e. The Morgan fingerprint density at radius 2 is 1.63 bits per heavy atom. The average Bonchev–Trinajstić information content (AvgIpc) is 3.14. The summed E-state index contributed by atoms with van der Waals surface area (Å²) in [5.41, 5.74) is 3.92. The Morgan fingerprint density at radius 3 is 2.17 bits per heavy atom. The standard InChI is InChI=1S/C23H19ClF3NO6S/c1-9-5-14(27)19-15(16(9)24)11(18(35-19)21(30)33-34-22(31)23(2,3)4)8-32-17-12(25)6-10(20(28)29)7-13(17)26/h5-7H,8H2,1-4H3,(H2,28,29). The Labute approximate surface area is 206 Å². The number of hydrogen-bond acceptors (Lipinski definition) is 7. The number of nitrogens with two attached hydrogens (primary N) is 1. The highest BCUT2D eigenvalue weighted by Gasteiger charge is 2.30. The van der Waals surface area contributed by atoms with E-state index in [0.29, 0.717) is 29.0 Å². The Morgan fingerprint density at radius 1 is 1.03 bits per heavy atom. The van der Waals surface area contributed by atoms with Gasteiger partial charge in [0, 0.05) is 16.5 Å². The van der Waals surface area contributed by atoms with E-state index in [2.05, 4.69) is 9.78 Å². The van der Waals surface area contributed by atoms with Crippen molar-refractivity contribution >= 4 is 50.9 Å². The molecule has 2 aromatic carbocycles. The highest BCUT2D eigenvalue weighted by atomic mass is 35.5. The van der Waals surface area contributed by atoms with E-state index in [-0.39, 0.29) is 25.5 Å². The highest BCUT2D eigenvalue weighted by Crippen LogP contribution is 2.41. The lowest BCUT2D eigenvalue weighted by atomic mass is 9.98. The molecule has 0 aliphatic heterocycles. The molecule has 0 atom stereocenters. The molecule has 0 saturated heterocycles. The van der Waals surface area contributed by atoms with Crippen LogP contribution < -0.4 is 10.5 Å². The van der Waals surface area contributed by atoms with Crippen LogP contribution in [0.15, 0.2) is 18.2 Å². The van der Waals surface area contributed by atoms with Crippen molar-refractivity contribution in [2.24, 2.45) is 11.1 Å². The number of primary amides is 1. The molecule has 3 rings (SSSR count). The number of amides is 1. The molecular weight excluding hydrogens is 511 g/mol. The zero-order chi connectivity index (χ0) is 26.2. The maximum absolute atomic E-state index is 14.7. The first kappa shape index (κ1) is 26.3. The summed E-state index contributed by atoms with van der Waals surface area (Å²) in [6.45, 7) is 5.48. The summed E-state index contributed by atoms with van der Waals surface area (Å²) in [7, 11) is 0. The summed E-state index contributed by atoms with van der Waals surface area (Å²) in [6, 6.07) is 2.53. The molecule has 0 spiro atoms. The molecule has 3 aromatic rings. The molecule has 1 aromatic heterocycles. The molecule has 186 valence electrons. The third-order valence-electron chi connectivity index (χ3n) is 4.77. The molecule has 0 aliphatic rings. The quantitative estimate of drug-likeness (QED) is 0.340. The summed E-state index contributed by atoms with van der Waals surface area (Å²) < 4.78 is 48.7. The number of ether oxygens (including phenoxy) is 1. The predicted molar refractivity (Wildman–Crippen MR) is 122 cm³/mol. The van der Waals surface area contributed by atoms with Crippen LogP contribution in [0.1, 0.15) is 51.9 Å². The van der Waals surface area contributed by atoms with Crippen molar-refractivity contribution in [1.82, 2.24) is 0 Å². The summed E-state index contributed by atoms with van der Waals surface area (Å²) in [6.07, 6.45) is 0. The molecule has 2 N–H and O–H groups in total. The first-order valence-corrected chi connectivity index (χ1v) is 11.2. The normalized spacial score (nSPS) is 11.4. The van der Waals surface area contributed by atoms with Gasteiger partial charge in [0.15, 0.2) is 17.4 Å². The fourth-order valence-corrected chi connectivity index (χ4v) is 4.32. The molecule has 0 fully saturated rings. The van der Waals surface area contributed by atoms with Gasteiger partial charge in [0.05, 0.1) is 15.1 Å². The second kappa shape index (κ2) is 9.74. The molecule has 1 heterocycles. The summed E-state index contributed by atoms with van der Waals surface area (Å²) in [5.74, 6) is -7.08. The molecule has 0 radical (unpaired) electrons. The van der Waals surface area contributed by atoms with Gasteiger partial charge >= 0.3 is 11.9 Å². The number of fused-ring (bicyclic) bond motifs is 1. The van der Waals surface area contributed by atoms with Gasteiger partial charge in [-0.15, -0.1) is 11.3 Å². The van der Waals surface area contributed by atoms with E-state index in [4.69, 9.17) is 22.1 Å². The highest BCUT2D eigenvalue weighted by molar-refractivity contribution is 7.21. The van der Waals surface area contributed by atoms with Gasteiger partial charge in [-0.1, -0.05) is 11.6 Å². The van der Waals surface area contributed by atoms with Gasteiger partial charge in [-0.2, -0.15) is 0 Å². The van der Waals surface area contributed by atoms with Crippen LogP contribution in [-0.2, 0) is 21.2 Å². The average molecular weight is 530 g/mol. The van der Waals surface area contributed by atoms with Crippen LogP contribution in [0, 0.1) is 29.8 Å². The third-order valence-corrected chi connectivity index (χ3v) is 6.47. The number of carbonyl (C=O) groups is 3. The van der Waals surface area contributed by atoms with E-state index < -0.39 is 58.6 Å². The summed E-state index contributed by atoms with van der Waals surface area (Å²) in [4.78, 5) is 44.9. The lowest BCUT2D eigenvalue weighted by molar-refractivity contribution is -0.242. The van der Waals surface area contributed by atoms with Crippen molar-refractivity contribution in [3.8, 4) is 5.75 Å². The number of rotatable bonds is 5. The van der Waals surface area contributed by atoms with E-state index in [1.807, 2.05) is 0 Å². The lowest BCUT2D eigenvalue weighted by Crippen LogP contribution is -2.24. The van der Waals surface area contributed by atoms with Gasteiger partial charge in [-0.05, 0) is 51.5 Å². The van der Waals surface area contributed by atoms with Crippen molar-refractivity contribution in [2.45, 2.75) is 34.3 Å². The number of thiophene rings is 1. The van der Waals surface area contributed by atoms with Gasteiger partial charge in [0.2, 0.25) is 5.91 Å². The van der Waals surface area contributed by atoms with Crippen LogP contribution in [0.3, 0.4) is 0 Å². The van der Waals surface area contributed by atoms with E-state index in [1.54, 1.807) is 0 Å². The van der Waals surface area contributed by atoms with Gasteiger partial charge in [-0.3, -0.25) is 4.79 Å².